The van der Waals surface area contributed by atoms with Crippen LogP contribution in [0.2, 0.25) is 0 Å². The van der Waals surface area contributed by atoms with E-state index in [2.05, 4.69) is 4.90 Å². The number of ether oxygens (including phenoxy) is 1. The normalized spacial score (nSPS) is 15.7. The molecule has 31 heavy (non-hydrogen) atoms. The number of primary amides is 1. The molecule has 1 amide bonds. The molecule has 0 radical (unpaired) electrons. The molecule has 2 aromatic carbocycles. The number of nitrogens with two attached hydrogens (primary N) is 1. The van der Waals surface area contributed by atoms with Crippen LogP contribution >= 0.6 is 0 Å². The minimum atomic E-state index is -1.03. The van der Waals surface area contributed by atoms with Gasteiger partial charge >= 0.3 is 11.9 Å². The van der Waals surface area contributed by atoms with Gasteiger partial charge in [-0.1, -0.05) is 19.1 Å². The highest BCUT2D eigenvalue weighted by molar-refractivity contribution is 5.88. The summed E-state index contributed by atoms with van der Waals surface area (Å²) in [6.45, 7) is 5.10. The van der Waals surface area contributed by atoms with E-state index in [0.29, 0.717) is 11.3 Å². The first-order chi connectivity index (χ1) is 14.8. The van der Waals surface area contributed by atoms with Crippen LogP contribution in [0.25, 0.3) is 0 Å². The number of hydrogen-bond acceptors (Lipinski definition) is 5. The molecule has 3 N–H and O–H groups in total. The maximum Gasteiger partial charge on any atom is 0.335 e. The summed E-state index contributed by atoms with van der Waals surface area (Å²) in [5.41, 5.74) is 8.45. The molecule has 2 aromatic rings. The number of nitrogens with zero attached hydrogens (tertiary/aromatic N) is 1. The summed E-state index contributed by atoms with van der Waals surface area (Å²) in [5, 5.41) is 9.16. The Labute approximate surface area is 181 Å². The Morgan fingerprint density at radius 2 is 1.68 bits per heavy atom. The van der Waals surface area contributed by atoms with E-state index >= 15 is 0 Å². The Balaban J connectivity index is 2.03. The number of carbonyl (C=O) groups excluding carboxylic acids is 2. The van der Waals surface area contributed by atoms with Crippen molar-refractivity contribution in [2.45, 2.75) is 44.9 Å². The number of anilines is 1. The van der Waals surface area contributed by atoms with Gasteiger partial charge in [0.15, 0.2) is 0 Å². The highest BCUT2D eigenvalue weighted by Gasteiger charge is 2.30. The van der Waals surface area contributed by atoms with E-state index in [1.807, 2.05) is 13.0 Å². The highest BCUT2D eigenvalue weighted by Crippen LogP contribution is 2.40. The van der Waals surface area contributed by atoms with Crippen molar-refractivity contribution in [1.29, 1.82) is 0 Å². The fourth-order valence-corrected chi connectivity index (χ4v) is 4.26. The van der Waals surface area contributed by atoms with E-state index < -0.39 is 23.8 Å². The molecule has 1 heterocycles. The van der Waals surface area contributed by atoms with Crippen LogP contribution in [0.15, 0.2) is 42.5 Å². The summed E-state index contributed by atoms with van der Waals surface area (Å²) in [6, 6.07) is 11.7. The van der Waals surface area contributed by atoms with E-state index in [9.17, 15) is 14.4 Å². The number of piperidine rings is 1. The van der Waals surface area contributed by atoms with E-state index in [1.54, 1.807) is 24.3 Å². The molecule has 2 unspecified atom stereocenters. The maximum atomic E-state index is 12.5. The van der Waals surface area contributed by atoms with Crippen LogP contribution in [0, 0.1) is 0 Å². The largest absolute Gasteiger partial charge is 0.478 e. The summed E-state index contributed by atoms with van der Waals surface area (Å²) in [5.74, 6) is -2.52. The Bertz CT molecular complexity index is 964. The van der Waals surface area contributed by atoms with Crippen LogP contribution < -0.4 is 15.4 Å². The lowest BCUT2D eigenvalue weighted by atomic mass is 9.81. The molecule has 1 saturated heterocycles. The number of benzene rings is 2. The summed E-state index contributed by atoms with van der Waals surface area (Å²) in [4.78, 5) is 37.4. The first-order valence-electron chi connectivity index (χ1n) is 10.5. The molecule has 164 valence electrons. The maximum absolute atomic E-state index is 12.5. The van der Waals surface area contributed by atoms with Crippen molar-refractivity contribution in [3.8, 4) is 5.75 Å². The molecule has 1 aliphatic rings. The summed E-state index contributed by atoms with van der Waals surface area (Å²) >= 11 is 0. The second-order valence-electron chi connectivity index (χ2n) is 7.96. The quantitative estimate of drug-likeness (QED) is 0.518. The minimum Gasteiger partial charge on any atom is -0.478 e. The van der Waals surface area contributed by atoms with Gasteiger partial charge in [-0.15, -0.1) is 0 Å². The van der Waals surface area contributed by atoms with Gasteiger partial charge in [-0.05, 0) is 66.6 Å². The molecule has 0 spiro atoms. The number of carboxylic acid groups (broad SMARTS) is 1. The molecule has 0 bridgehead atoms. The van der Waals surface area contributed by atoms with Gasteiger partial charge in [0.1, 0.15) is 5.75 Å². The van der Waals surface area contributed by atoms with Gasteiger partial charge in [0.25, 0.3) is 0 Å². The molecule has 3 rings (SSSR count). The molecule has 0 aliphatic carbocycles. The standard InChI is InChI=1S/C24H28N2O5/c1-15(22(23(25)28)17-6-8-18(9-7-17)24(29)30)20-14-19(31-16(2)27)10-11-21(20)26-12-4-3-5-13-26/h6-11,14-15,22H,3-5,12-13H2,1-2H3,(H2,25,28)(H,29,30). The Morgan fingerprint density at radius 3 is 2.23 bits per heavy atom. The lowest BCUT2D eigenvalue weighted by molar-refractivity contribution is -0.131. The minimum absolute atomic E-state index is 0.144. The van der Waals surface area contributed by atoms with Crippen molar-refractivity contribution in [3.63, 3.8) is 0 Å². The molecule has 2 atom stereocenters. The fourth-order valence-electron chi connectivity index (χ4n) is 4.26. The molecule has 7 heteroatoms. The molecular weight excluding hydrogens is 396 g/mol. The van der Waals surface area contributed by atoms with Crippen LogP contribution in [0.1, 0.15) is 66.4 Å². The van der Waals surface area contributed by atoms with Crippen molar-refractivity contribution in [1.82, 2.24) is 0 Å². The van der Waals surface area contributed by atoms with Gasteiger partial charge in [0.05, 0.1) is 11.5 Å². The van der Waals surface area contributed by atoms with Crippen LogP contribution in [0.5, 0.6) is 5.75 Å². The zero-order valence-electron chi connectivity index (χ0n) is 17.8. The van der Waals surface area contributed by atoms with Crippen LogP contribution in [0.3, 0.4) is 0 Å². The Morgan fingerprint density at radius 1 is 1.03 bits per heavy atom. The van der Waals surface area contributed by atoms with Crippen molar-refractivity contribution in [2.75, 3.05) is 18.0 Å². The number of carboxylic acids is 1. The van der Waals surface area contributed by atoms with Gasteiger partial charge in [0, 0.05) is 25.7 Å². The van der Waals surface area contributed by atoms with Gasteiger partial charge in [0.2, 0.25) is 5.91 Å². The third-order valence-corrected chi connectivity index (χ3v) is 5.77. The summed E-state index contributed by atoms with van der Waals surface area (Å²) < 4.78 is 5.30. The summed E-state index contributed by atoms with van der Waals surface area (Å²) in [7, 11) is 0. The predicted octanol–water partition coefficient (Wildman–Crippen LogP) is 3.67. The second kappa shape index (κ2) is 9.64. The molecule has 1 aliphatic heterocycles. The van der Waals surface area contributed by atoms with E-state index in [0.717, 1.165) is 37.2 Å². The fraction of sp³-hybridized carbons (Fsp3) is 0.375. The van der Waals surface area contributed by atoms with Gasteiger partial charge in [-0.25, -0.2) is 4.79 Å². The van der Waals surface area contributed by atoms with E-state index in [1.165, 1.54) is 25.5 Å². The SMILES string of the molecule is CC(=O)Oc1ccc(N2CCCCC2)c(C(C)C(C(N)=O)c2ccc(C(=O)O)cc2)c1. The third kappa shape index (κ3) is 5.23. The first-order valence-corrected chi connectivity index (χ1v) is 10.5. The smallest absolute Gasteiger partial charge is 0.335 e. The van der Waals surface area contributed by atoms with Crippen molar-refractivity contribution < 1.29 is 24.2 Å². The van der Waals surface area contributed by atoms with E-state index in [4.69, 9.17) is 15.6 Å². The average Bonchev–Trinajstić information content (AvgIpc) is 2.74. The van der Waals surface area contributed by atoms with Crippen LogP contribution in [0.4, 0.5) is 5.69 Å². The Kier molecular flexibility index (Phi) is 6.95. The van der Waals surface area contributed by atoms with Crippen LogP contribution in [-0.2, 0) is 9.59 Å². The highest BCUT2D eigenvalue weighted by atomic mass is 16.5. The van der Waals surface area contributed by atoms with Crippen molar-refractivity contribution in [2.24, 2.45) is 5.73 Å². The lowest BCUT2D eigenvalue weighted by Crippen LogP contribution is -2.32. The molecule has 7 nitrogen and oxygen atoms in total. The number of hydrogen-bond donors (Lipinski definition) is 2. The number of aromatic carboxylic acids is 1. The monoisotopic (exact) mass is 424 g/mol. The number of rotatable bonds is 7. The summed E-state index contributed by atoms with van der Waals surface area (Å²) in [6.07, 6.45) is 3.37. The topological polar surface area (TPSA) is 110 Å². The number of esters is 1. The van der Waals surface area contributed by atoms with Crippen molar-refractivity contribution in [3.05, 3.63) is 59.2 Å². The molecule has 1 fully saturated rings. The van der Waals surface area contributed by atoms with Crippen LogP contribution in [-0.4, -0.2) is 36.0 Å². The molecule has 0 saturated carbocycles. The second-order valence-corrected chi connectivity index (χ2v) is 7.96. The van der Waals surface area contributed by atoms with Gasteiger partial charge in [-0.3, -0.25) is 9.59 Å². The van der Waals surface area contributed by atoms with E-state index in [-0.39, 0.29) is 11.5 Å². The average molecular weight is 424 g/mol. The lowest BCUT2D eigenvalue weighted by Gasteiger charge is -2.33. The van der Waals surface area contributed by atoms with Gasteiger partial charge in [-0.2, -0.15) is 0 Å². The zero-order chi connectivity index (χ0) is 22.5. The molecule has 0 aromatic heterocycles. The Hall–Kier alpha value is -3.35. The first kappa shape index (κ1) is 22.3. The number of amides is 1. The molecular formula is C24H28N2O5. The zero-order valence-corrected chi connectivity index (χ0v) is 17.8. The van der Waals surface area contributed by atoms with Crippen molar-refractivity contribution >= 4 is 23.5 Å². The third-order valence-electron chi connectivity index (χ3n) is 5.77. The predicted molar refractivity (Wildman–Crippen MR) is 118 cm³/mol. The van der Waals surface area contributed by atoms with Gasteiger partial charge < -0.3 is 20.5 Å². The number of carbonyl (C=O) groups is 3.